The van der Waals surface area contributed by atoms with Gasteiger partial charge in [-0.2, -0.15) is 0 Å². The highest BCUT2D eigenvalue weighted by Gasteiger charge is 2.24. The van der Waals surface area contributed by atoms with Gasteiger partial charge in [-0.05, 0) is 37.1 Å². The first-order valence-corrected chi connectivity index (χ1v) is 11.0. The second-order valence-electron chi connectivity index (χ2n) is 6.86. The van der Waals surface area contributed by atoms with Crippen LogP contribution in [0, 0.1) is 10.1 Å². The molecule has 0 aliphatic heterocycles. The van der Waals surface area contributed by atoms with E-state index in [1.807, 2.05) is 0 Å². The van der Waals surface area contributed by atoms with Crippen LogP contribution in [0.1, 0.15) is 42.5 Å². The number of hydrogen-bond acceptors (Lipinski definition) is 5. The van der Waals surface area contributed by atoms with Crippen LogP contribution in [0.3, 0.4) is 0 Å². The first-order valence-electron chi connectivity index (χ1n) is 9.14. The molecule has 29 heavy (non-hydrogen) atoms. The van der Waals surface area contributed by atoms with Crippen LogP contribution in [-0.4, -0.2) is 25.3 Å². The monoisotopic (exact) mass is 437 g/mol. The van der Waals surface area contributed by atoms with Crippen molar-refractivity contribution in [3.05, 3.63) is 63.2 Å². The molecule has 10 heteroatoms. The summed E-state index contributed by atoms with van der Waals surface area (Å²) in [5.41, 5.74) is -0.0135. The van der Waals surface area contributed by atoms with Crippen molar-refractivity contribution < 1.29 is 18.1 Å². The average molecular weight is 438 g/mol. The molecule has 3 rings (SSSR count). The van der Waals surface area contributed by atoms with Gasteiger partial charge in [0, 0.05) is 23.9 Å². The largest absolute Gasteiger partial charge is 0.322 e. The third kappa shape index (κ3) is 5.31. The Labute approximate surface area is 173 Å². The Kier molecular flexibility index (Phi) is 6.51. The standard InChI is InChI=1S/C19H20ClN3O5S/c20-18-10-9-16(29(27,28)22-13-5-2-1-3-6-13)12-17(18)19(24)21-14-7-4-8-15(11-14)23(25)26/h4,7-13,22H,1-3,5-6H2,(H,21,24). The molecule has 2 aromatic carbocycles. The molecule has 0 radical (unpaired) electrons. The van der Waals surface area contributed by atoms with E-state index < -0.39 is 20.9 Å². The van der Waals surface area contributed by atoms with Gasteiger partial charge in [-0.25, -0.2) is 13.1 Å². The molecule has 2 aromatic rings. The Bertz CT molecular complexity index is 1040. The average Bonchev–Trinajstić information content (AvgIpc) is 2.68. The van der Waals surface area contributed by atoms with Gasteiger partial charge >= 0.3 is 0 Å². The lowest BCUT2D eigenvalue weighted by Gasteiger charge is -2.22. The van der Waals surface area contributed by atoms with Gasteiger partial charge in [0.15, 0.2) is 0 Å². The van der Waals surface area contributed by atoms with Crippen molar-refractivity contribution in [3.8, 4) is 0 Å². The van der Waals surface area contributed by atoms with E-state index in [0.29, 0.717) is 0 Å². The molecule has 1 amide bonds. The number of carbonyl (C=O) groups excluding carboxylic acids is 1. The van der Waals surface area contributed by atoms with E-state index in [0.717, 1.165) is 32.1 Å². The molecule has 0 heterocycles. The molecule has 0 aromatic heterocycles. The van der Waals surface area contributed by atoms with Gasteiger partial charge in [0.25, 0.3) is 11.6 Å². The molecular weight excluding hydrogens is 418 g/mol. The van der Waals surface area contributed by atoms with E-state index in [-0.39, 0.29) is 32.9 Å². The number of hydrogen-bond donors (Lipinski definition) is 2. The lowest BCUT2D eigenvalue weighted by Crippen LogP contribution is -2.36. The van der Waals surface area contributed by atoms with Crippen LogP contribution in [0.4, 0.5) is 11.4 Å². The zero-order valence-electron chi connectivity index (χ0n) is 15.4. The quantitative estimate of drug-likeness (QED) is 0.520. The third-order valence-corrected chi connectivity index (χ3v) is 6.58. The highest BCUT2D eigenvalue weighted by molar-refractivity contribution is 7.89. The van der Waals surface area contributed by atoms with Gasteiger partial charge in [-0.3, -0.25) is 14.9 Å². The number of nitrogens with zero attached hydrogens (tertiary/aromatic N) is 1. The smallest absolute Gasteiger partial charge is 0.271 e. The van der Waals surface area contributed by atoms with Crippen LogP contribution >= 0.6 is 11.6 Å². The van der Waals surface area contributed by atoms with Crippen molar-refractivity contribution in [2.75, 3.05) is 5.32 Å². The number of amides is 1. The van der Waals surface area contributed by atoms with Crippen molar-refractivity contribution in [2.24, 2.45) is 0 Å². The van der Waals surface area contributed by atoms with Crippen molar-refractivity contribution in [2.45, 2.75) is 43.0 Å². The summed E-state index contributed by atoms with van der Waals surface area (Å²) in [7, 11) is -3.80. The van der Waals surface area contributed by atoms with E-state index in [1.54, 1.807) is 0 Å². The zero-order chi connectivity index (χ0) is 21.0. The fraction of sp³-hybridized carbons (Fsp3) is 0.316. The van der Waals surface area contributed by atoms with Gasteiger partial charge < -0.3 is 5.32 Å². The molecule has 8 nitrogen and oxygen atoms in total. The Morgan fingerprint density at radius 2 is 1.83 bits per heavy atom. The SMILES string of the molecule is O=C(Nc1cccc([N+](=O)[O-])c1)c1cc(S(=O)(=O)NC2CCCCC2)ccc1Cl. The van der Waals surface area contributed by atoms with E-state index in [9.17, 15) is 23.3 Å². The fourth-order valence-electron chi connectivity index (χ4n) is 3.25. The van der Waals surface area contributed by atoms with Crippen LogP contribution in [0.5, 0.6) is 0 Å². The summed E-state index contributed by atoms with van der Waals surface area (Å²) in [4.78, 5) is 22.8. The number of carbonyl (C=O) groups is 1. The molecule has 1 fully saturated rings. The number of nitro benzene ring substituents is 1. The summed E-state index contributed by atoms with van der Waals surface area (Å²) < 4.78 is 28.1. The number of benzene rings is 2. The van der Waals surface area contributed by atoms with Crippen molar-refractivity contribution in [1.29, 1.82) is 0 Å². The highest BCUT2D eigenvalue weighted by Crippen LogP contribution is 2.25. The number of nitrogens with one attached hydrogen (secondary N) is 2. The van der Waals surface area contributed by atoms with E-state index in [4.69, 9.17) is 11.6 Å². The molecule has 154 valence electrons. The van der Waals surface area contributed by atoms with E-state index in [1.165, 1.54) is 42.5 Å². The van der Waals surface area contributed by atoms with Gasteiger partial charge in [0.2, 0.25) is 10.0 Å². The van der Waals surface area contributed by atoms with Crippen molar-refractivity contribution in [1.82, 2.24) is 4.72 Å². The minimum atomic E-state index is -3.80. The van der Waals surface area contributed by atoms with Crippen LogP contribution in [0.2, 0.25) is 5.02 Å². The normalized spacial score (nSPS) is 15.1. The number of anilines is 1. The minimum absolute atomic E-state index is 0.0373. The Hall–Kier alpha value is -2.49. The van der Waals surface area contributed by atoms with Crippen molar-refractivity contribution >= 4 is 38.9 Å². The predicted molar refractivity (Wildman–Crippen MR) is 110 cm³/mol. The molecule has 0 spiro atoms. The minimum Gasteiger partial charge on any atom is -0.322 e. The lowest BCUT2D eigenvalue weighted by molar-refractivity contribution is -0.384. The molecule has 0 unspecified atom stereocenters. The Balaban J connectivity index is 1.81. The maximum absolute atomic E-state index is 12.7. The molecule has 0 bridgehead atoms. The second kappa shape index (κ2) is 8.89. The Morgan fingerprint density at radius 1 is 1.10 bits per heavy atom. The van der Waals surface area contributed by atoms with Gasteiger partial charge in [-0.1, -0.05) is 36.9 Å². The summed E-state index contributed by atoms with van der Waals surface area (Å²) in [5, 5.41) is 13.5. The van der Waals surface area contributed by atoms with Crippen LogP contribution < -0.4 is 10.0 Å². The highest BCUT2D eigenvalue weighted by atomic mass is 35.5. The summed E-state index contributed by atoms with van der Waals surface area (Å²) >= 11 is 6.10. The number of halogens is 1. The molecule has 2 N–H and O–H groups in total. The number of nitro groups is 1. The van der Waals surface area contributed by atoms with E-state index in [2.05, 4.69) is 10.0 Å². The van der Waals surface area contributed by atoms with Crippen LogP contribution in [0.15, 0.2) is 47.4 Å². The first-order chi connectivity index (χ1) is 13.8. The molecular formula is C19H20ClN3O5S. The summed E-state index contributed by atoms with van der Waals surface area (Å²) in [6.07, 6.45) is 4.62. The fourth-order valence-corrected chi connectivity index (χ4v) is 4.78. The van der Waals surface area contributed by atoms with Gasteiger partial charge in [0.05, 0.1) is 20.4 Å². The topological polar surface area (TPSA) is 118 Å². The summed E-state index contributed by atoms with van der Waals surface area (Å²) in [6.45, 7) is 0. The van der Waals surface area contributed by atoms with Gasteiger partial charge in [-0.15, -0.1) is 0 Å². The van der Waals surface area contributed by atoms with Crippen LogP contribution in [0.25, 0.3) is 0 Å². The molecule has 1 aliphatic rings. The van der Waals surface area contributed by atoms with E-state index >= 15 is 0 Å². The van der Waals surface area contributed by atoms with Crippen LogP contribution in [-0.2, 0) is 10.0 Å². The first kappa shape index (κ1) is 21.2. The van der Waals surface area contributed by atoms with Crippen molar-refractivity contribution in [3.63, 3.8) is 0 Å². The molecule has 1 saturated carbocycles. The number of rotatable bonds is 6. The maximum Gasteiger partial charge on any atom is 0.271 e. The predicted octanol–water partition coefficient (Wildman–Crippen LogP) is 4.11. The third-order valence-electron chi connectivity index (χ3n) is 4.73. The molecule has 1 aliphatic carbocycles. The maximum atomic E-state index is 12.7. The molecule has 0 atom stereocenters. The summed E-state index contributed by atoms with van der Waals surface area (Å²) in [5.74, 6) is -0.662. The van der Waals surface area contributed by atoms with Gasteiger partial charge in [0.1, 0.15) is 0 Å². The molecule has 0 saturated heterocycles. The zero-order valence-corrected chi connectivity index (χ0v) is 17.0. The summed E-state index contributed by atoms with van der Waals surface area (Å²) in [6, 6.07) is 9.21. The number of sulfonamides is 1. The second-order valence-corrected chi connectivity index (χ2v) is 8.98. The Morgan fingerprint density at radius 3 is 2.52 bits per heavy atom. The number of non-ortho nitro benzene ring substituents is 1. The lowest BCUT2D eigenvalue weighted by atomic mass is 9.96.